The van der Waals surface area contributed by atoms with Crippen molar-refractivity contribution in [2.75, 3.05) is 12.3 Å². The predicted molar refractivity (Wildman–Crippen MR) is 173 cm³/mol. The third-order valence-electron chi connectivity index (χ3n) is 8.27. The van der Waals surface area contributed by atoms with Crippen LogP contribution in [-0.4, -0.2) is 44.9 Å². The van der Waals surface area contributed by atoms with Crippen molar-refractivity contribution in [3.63, 3.8) is 0 Å². The van der Waals surface area contributed by atoms with Gasteiger partial charge in [0, 0.05) is 6.54 Å². The minimum absolute atomic E-state index is 0.139. The van der Waals surface area contributed by atoms with Crippen LogP contribution in [0.3, 0.4) is 0 Å². The molecule has 1 aromatic heterocycles. The Labute approximate surface area is 269 Å². The molecular weight excluding hydrogens is 584 g/mol. The lowest BCUT2D eigenvalue weighted by Gasteiger charge is -2.13. The number of benzene rings is 3. The van der Waals surface area contributed by atoms with E-state index < -0.39 is 11.9 Å². The Kier molecular flexibility index (Phi) is 12.5. The number of carboxylic acids is 2. The van der Waals surface area contributed by atoms with E-state index in [1.54, 1.807) is 12.1 Å². The summed E-state index contributed by atoms with van der Waals surface area (Å²) in [6.07, 6.45) is 11.7. The van der Waals surface area contributed by atoms with E-state index in [-0.39, 0.29) is 11.8 Å². The number of unbranched alkanes of at least 4 members (excludes halogenated alkanes) is 9. The molecule has 242 valence electrons. The Morgan fingerprint density at radius 1 is 0.674 bits per heavy atom. The first-order chi connectivity index (χ1) is 22.3. The summed E-state index contributed by atoms with van der Waals surface area (Å²) < 4.78 is 4.50. The van der Waals surface area contributed by atoms with Crippen LogP contribution in [0, 0.1) is 0 Å². The van der Waals surface area contributed by atoms with E-state index in [0.29, 0.717) is 17.7 Å². The zero-order valence-electron chi connectivity index (χ0n) is 26.1. The number of aryl methyl sites for hydroxylation is 1. The van der Waals surface area contributed by atoms with Crippen molar-refractivity contribution >= 4 is 40.7 Å². The van der Waals surface area contributed by atoms with Crippen LogP contribution in [-0.2, 0) is 22.7 Å². The number of nitrogens with zero attached hydrogens (tertiary/aromatic N) is 3. The third-order valence-corrected chi connectivity index (χ3v) is 8.27. The van der Waals surface area contributed by atoms with Gasteiger partial charge in [-0.25, -0.2) is 13.9 Å². The zero-order valence-corrected chi connectivity index (χ0v) is 26.1. The molecule has 1 aliphatic rings. The largest absolute Gasteiger partial charge is 0.539 e. The van der Waals surface area contributed by atoms with Crippen molar-refractivity contribution in [1.82, 2.24) is 9.47 Å². The normalized spacial score (nSPS) is 12.2. The number of anilines is 1. The highest BCUT2D eigenvalue weighted by Gasteiger charge is 2.34. The van der Waals surface area contributed by atoms with E-state index in [1.165, 1.54) is 60.0 Å². The van der Waals surface area contributed by atoms with E-state index in [0.717, 1.165) is 44.7 Å². The molecule has 4 aromatic rings. The Morgan fingerprint density at radius 3 is 1.67 bits per heavy atom. The Balaban J connectivity index is 0.000000731. The second kappa shape index (κ2) is 16.9. The number of imide groups is 1. The molecule has 0 unspecified atom stereocenters. The lowest BCUT2D eigenvalue weighted by atomic mass is 10.1. The van der Waals surface area contributed by atoms with Crippen molar-refractivity contribution in [3.05, 3.63) is 95.6 Å². The van der Waals surface area contributed by atoms with Gasteiger partial charge in [0.2, 0.25) is 0 Å². The van der Waals surface area contributed by atoms with Gasteiger partial charge in [0.15, 0.2) is 5.97 Å². The molecule has 3 aromatic carbocycles. The van der Waals surface area contributed by atoms with Crippen LogP contribution in [0.1, 0.15) is 90.5 Å². The Morgan fingerprint density at radius 2 is 1.13 bits per heavy atom. The SMILES string of the molecule is Nc1n(CCCCCCCCCCCCN2C(=O)c3ccccc3C2=O)c2ccccc2[n+]1Cc1ccccc1.O=C([O-])C(=O)O. The van der Waals surface area contributed by atoms with Crippen LogP contribution in [0.15, 0.2) is 78.9 Å². The van der Waals surface area contributed by atoms with Gasteiger partial charge in [0.25, 0.3) is 11.8 Å². The number of carboxylic acid groups (broad SMARTS) is 2. The number of para-hydroxylation sites is 2. The highest BCUT2D eigenvalue weighted by atomic mass is 16.4. The molecule has 10 heteroatoms. The fraction of sp³-hybridized carbons (Fsp3) is 0.361. The summed E-state index contributed by atoms with van der Waals surface area (Å²) in [6.45, 7) is 2.25. The lowest BCUT2D eigenvalue weighted by Crippen LogP contribution is -2.37. The van der Waals surface area contributed by atoms with E-state index in [2.05, 4.69) is 57.7 Å². The summed E-state index contributed by atoms with van der Waals surface area (Å²) in [5.74, 6) is -3.46. The summed E-state index contributed by atoms with van der Waals surface area (Å²) in [7, 11) is 0. The number of hydrogen-bond acceptors (Lipinski definition) is 6. The topological polar surface area (TPSA) is 150 Å². The zero-order chi connectivity index (χ0) is 32.9. The monoisotopic (exact) mass is 626 g/mol. The van der Waals surface area contributed by atoms with Crippen LogP contribution in [0.4, 0.5) is 5.95 Å². The maximum absolute atomic E-state index is 12.4. The molecule has 3 N–H and O–H groups in total. The van der Waals surface area contributed by atoms with Crippen molar-refractivity contribution < 1.29 is 34.0 Å². The molecule has 0 fully saturated rings. The van der Waals surface area contributed by atoms with Gasteiger partial charge in [-0.05, 0) is 42.7 Å². The van der Waals surface area contributed by atoms with E-state index in [9.17, 15) is 9.59 Å². The summed E-state index contributed by atoms with van der Waals surface area (Å²) in [5.41, 5.74) is 11.4. The molecule has 5 rings (SSSR count). The van der Waals surface area contributed by atoms with Gasteiger partial charge in [-0.2, -0.15) is 0 Å². The number of carbonyl (C=O) groups is 4. The van der Waals surface area contributed by atoms with Gasteiger partial charge in [0.1, 0.15) is 11.0 Å². The van der Waals surface area contributed by atoms with Gasteiger partial charge in [-0.15, -0.1) is 0 Å². The molecule has 0 spiro atoms. The quantitative estimate of drug-likeness (QED) is 0.0849. The fourth-order valence-electron chi connectivity index (χ4n) is 5.88. The number of aromatic nitrogens is 2. The molecule has 46 heavy (non-hydrogen) atoms. The summed E-state index contributed by atoms with van der Waals surface area (Å²) in [4.78, 5) is 44.3. The molecule has 0 saturated heterocycles. The average Bonchev–Trinajstić information content (AvgIpc) is 3.47. The van der Waals surface area contributed by atoms with Gasteiger partial charge in [-0.3, -0.25) is 20.2 Å². The van der Waals surface area contributed by atoms with Crippen molar-refractivity contribution in [2.45, 2.75) is 77.3 Å². The highest BCUT2D eigenvalue weighted by molar-refractivity contribution is 6.26. The van der Waals surface area contributed by atoms with Crippen LogP contribution in [0.25, 0.3) is 11.0 Å². The number of hydrogen-bond donors (Lipinski definition) is 2. The number of nitrogen functional groups attached to an aromatic ring is 1. The fourth-order valence-corrected chi connectivity index (χ4v) is 5.88. The number of amides is 2. The first kappa shape index (κ1) is 33.9. The first-order valence-corrected chi connectivity index (χ1v) is 16.0. The predicted octanol–water partition coefficient (Wildman–Crippen LogP) is 4.58. The first-order valence-electron chi connectivity index (χ1n) is 16.0. The van der Waals surface area contributed by atoms with Gasteiger partial charge in [0.05, 0.1) is 24.2 Å². The molecule has 10 nitrogen and oxygen atoms in total. The third kappa shape index (κ3) is 8.80. The van der Waals surface area contributed by atoms with Crippen LogP contribution >= 0.6 is 0 Å². The number of nitrogens with two attached hydrogens (primary N) is 1. The Hall–Kier alpha value is -4.99. The molecule has 0 radical (unpaired) electrons. The second-order valence-electron chi connectivity index (χ2n) is 11.5. The van der Waals surface area contributed by atoms with E-state index >= 15 is 0 Å². The average molecular weight is 627 g/mol. The summed E-state index contributed by atoms with van der Waals surface area (Å²) in [5, 5.41) is 16.3. The molecule has 0 saturated carbocycles. The standard InChI is InChI=1S/C34H40N4O2.C2H2O4/c35-34-36(30-22-14-15-23-31(30)38(34)26-27-18-10-9-11-19-27)24-16-7-5-3-1-2-4-6-8-17-25-37-32(39)28-20-12-13-21-29(28)33(37)40;3-1(4)2(5)6/h9-15,18-23,35H,1-8,16-17,24-26H2;(H,3,4)(H,5,6). The number of carbonyl (C=O) groups excluding carboxylic acids is 3. The highest BCUT2D eigenvalue weighted by Crippen LogP contribution is 2.23. The van der Waals surface area contributed by atoms with Gasteiger partial charge in [-0.1, -0.05) is 106 Å². The van der Waals surface area contributed by atoms with E-state index in [4.69, 9.17) is 25.5 Å². The smallest absolute Gasteiger partial charge is 0.356 e. The van der Waals surface area contributed by atoms with Crippen LogP contribution in [0.5, 0.6) is 0 Å². The summed E-state index contributed by atoms with van der Waals surface area (Å²) >= 11 is 0. The maximum atomic E-state index is 12.4. The number of imidazole rings is 1. The molecule has 2 heterocycles. The van der Waals surface area contributed by atoms with Gasteiger partial charge < -0.3 is 15.0 Å². The molecule has 0 aliphatic carbocycles. The number of rotatable bonds is 15. The number of fused-ring (bicyclic) bond motifs is 2. The minimum atomic E-state index is -2.07. The van der Waals surface area contributed by atoms with Crippen molar-refractivity contribution in [1.29, 1.82) is 0 Å². The molecule has 0 atom stereocenters. The van der Waals surface area contributed by atoms with E-state index in [1.807, 2.05) is 18.2 Å². The molecule has 0 bridgehead atoms. The van der Waals surface area contributed by atoms with Crippen molar-refractivity contribution in [3.8, 4) is 0 Å². The second-order valence-corrected chi connectivity index (χ2v) is 11.5. The molecule has 1 aliphatic heterocycles. The molecular formula is C36H42N4O6. The van der Waals surface area contributed by atoms with Crippen LogP contribution < -0.4 is 15.4 Å². The maximum Gasteiger partial charge on any atom is 0.356 e. The summed E-state index contributed by atoms with van der Waals surface area (Å²) in [6, 6.07) is 26.1. The van der Waals surface area contributed by atoms with Gasteiger partial charge >= 0.3 is 11.9 Å². The lowest BCUT2D eigenvalue weighted by molar-refractivity contribution is -0.648. The number of aliphatic carboxylic acids is 2. The minimum Gasteiger partial charge on any atom is -0.539 e. The molecule has 2 amide bonds. The Bertz CT molecular complexity index is 1600. The van der Waals surface area contributed by atoms with Crippen molar-refractivity contribution in [2.24, 2.45) is 0 Å². The van der Waals surface area contributed by atoms with Crippen LogP contribution in [0.2, 0.25) is 0 Å².